The Bertz CT molecular complexity index is 1160. The van der Waals surface area contributed by atoms with Crippen LogP contribution < -0.4 is 20.1 Å². The average Bonchev–Trinajstić information content (AvgIpc) is 3.12. The molecule has 3 rings (SSSR count). The number of carbonyl (C=O) groups is 4. The third kappa shape index (κ3) is 11.7. The van der Waals surface area contributed by atoms with Gasteiger partial charge in [0, 0.05) is 23.6 Å². The molecule has 226 valence electrons. The summed E-state index contributed by atoms with van der Waals surface area (Å²) in [4.78, 5) is 43.6. The number of nitrogens with one attached hydrogen (secondary N) is 2. The van der Waals surface area contributed by atoms with Crippen LogP contribution in [0.2, 0.25) is 0 Å². The van der Waals surface area contributed by atoms with Gasteiger partial charge in [-0.2, -0.15) is 0 Å². The Morgan fingerprint density at radius 3 is 2.22 bits per heavy atom. The molecule has 2 atom stereocenters. The Kier molecular flexibility index (Phi) is 16.0. The van der Waals surface area contributed by atoms with E-state index in [1.807, 2.05) is 44.2 Å². The number of ether oxygens (including phenoxy) is 3. The lowest BCUT2D eigenvalue weighted by molar-refractivity contribution is -0.144. The van der Waals surface area contributed by atoms with Crippen molar-refractivity contribution in [3.8, 4) is 11.5 Å². The van der Waals surface area contributed by atoms with E-state index in [1.54, 1.807) is 21.1 Å². The molecule has 0 saturated heterocycles. The van der Waals surface area contributed by atoms with Crippen LogP contribution >= 0.6 is 0 Å². The minimum atomic E-state index is -0.279. The fraction of sp³-hybridized carbons (Fsp3) is 0.500. The summed E-state index contributed by atoms with van der Waals surface area (Å²) in [5.74, 6) is 1.40. The van der Waals surface area contributed by atoms with E-state index in [2.05, 4.69) is 23.6 Å². The smallest absolute Gasteiger partial charge is 0.306 e. The van der Waals surface area contributed by atoms with E-state index in [9.17, 15) is 19.2 Å². The summed E-state index contributed by atoms with van der Waals surface area (Å²) < 4.78 is 15.7. The predicted molar refractivity (Wildman–Crippen MR) is 161 cm³/mol. The number of anilines is 1. The van der Waals surface area contributed by atoms with Crippen LogP contribution in [0, 0.1) is 5.92 Å². The molecule has 0 radical (unpaired) electrons. The Labute approximate surface area is 244 Å². The van der Waals surface area contributed by atoms with Crippen LogP contribution in [0.5, 0.6) is 11.5 Å². The van der Waals surface area contributed by atoms with Crippen LogP contribution in [0.15, 0.2) is 36.4 Å². The number of benzene rings is 2. The van der Waals surface area contributed by atoms with Crippen molar-refractivity contribution in [1.82, 2.24) is 5.32 Å². The highest BCUT2D eigenvalue weighted by molar-refractivity contribution is 5.94. The number of methoxy groups -OCH3 is 2. The van der Waals surface area contributed by atoms with Crippen molar-refractivity contribution >= 4 is 29.1 Å². The number of Topliss-reactive ketones (excluding diaryl/α,β-unsaturated/α-hetero) is 2. The van der Waals surface area contributed by atoms with E-state index in [0.717, 1.165) is 29.7 Å². The van der Waals surface area contributed by atoms with Crippen LogP contribution in [0.3, 0.4) is 0 Å². The summed E-state index contributed by atoms with van der Waals surface area (Å²) in [6, 6.07) is 11.8. The third-order valence-electron chi connectivity index (χ3n) is 6.36. The molecule has 0 saturated carbocycles. The molecule has 2 aromatic carbocycles. The van der Waals surface area contributed by atoms with Gasteiger partial charge in [0.2, 0.25) is 5.91 Å². The lowest BCUT2D eigenvalue weighted by Crippen LogP contribution is -2.28. The van der Waals surface area contributed by atoms with Crippen molar-refractivity contribution in [3.63, 3.8) is 0 Å². The molecular formula is C32H46N2O7. The zero-order valence-corrected chi connectivity index (χ0v) is 25.7. The van der Waals surface area contributed by atoms with Gasteiger partial charge in [-0.1, -0.05) is 45.0 Å². The second-order valence-corrected chi connectivity index (χ2v) is 9.71. The Morgan fingerprint density at radius 2 is 1.66 bits per heavy atom. The predicted octanol–water partition coefficient (Wildman–Crippen LogP) is 5.44. The van der Waals surface area contributed by atoms with E-state index < -0.39 is 0 Å². The Balaban J connectivity index is 0.000000418. The van der Waals surface area contributed by atoms with Gasteiger partial charge in [0.25, 0.3) is 0 Å². The maximum atomic E-state index is 12.0. The zero-order valence-electron chi connectivity index (χ0n) is 25.7. The molecule has 1 heterocycles. The molecule has 41 heavy (non-hydrogen) atoms. The highest BCUT2D eigenvalue weighted by Crippen LogP contribution is 2.40. The maximum Gasteiger partial charge on any atom is 0.306 e. The van der Waals surface area contributed by atoms with Crippen LogP contribution in [-0.4, -0.2) is 50.8 Å². The average molecular weight is 571 g/mol. The van der Waals surface area contributed by atoms with Crippen molar-refractivity contribution in [3.05, 3.63) is 53.1 Å². The number of ketones is 2. The number of aryl methyl sites for hydroxylation is 1. The summed E-state index contributed by atoms with van der Waals surface area (Å²) in [6.07, 6.45) is 2.30. The topological polar surface area (TPSA) is 120 Å². The number of fused-ring (bicyclic) bond motifs is 1. The van der Waals surface area contributed by atoms with Crippen molar-refractivity contribution < 1.29 is 33.4 Å². The molecule has 0 aromatic heterocycles. The first-order valence-electron chi connectivity index (χ1n) is 14.0. The normalized spacial score (nSPS) is 14.3. The molecule has 9 nitrogen and oxygen atoms in total. The van der Waals surface area contributed by atoms with E-state index in [0.29, 0.717) is 24.5 Å². The SMILES string of the molecule is CC(C)=O.CCOC(=O)CCC(=O)C(C)CC.CCc1ccc2c(c1)[C@@H](c1cccc(OC)c1OC)NCC(=O)N2. The van der Waals surface area contributed by atoms with Crippen molar-refractivity contribution in [2.24, 2.45) is 5.92 Å². The van der Waals surface area contributed by atoms with Crippen LogP contribution in [0.4, 0.5) is 5.69 Å². The van der Waals surface area contributed by atoms with Gasteiger partial charge < -0.3 is 24.3 Å². The van der Waals surface area contributed by atoms with Crippen LogP contribution in [-0.2, 0) is 30.3 Å². The van der Waals surface area contributed by atoms with Gasteiger partial charge in [0.1, 0.15) is 11.6 Å². The van der Waals surface area contributed by atoms with Gasteiger partial charge in [-0.3, -0.25) is 19.7 Å². The molecule has 2 aromatic rings. The fourth-order valence-corrected chi connectivity index (χ4v) is 4.03. The first-order valence-corrected chi connectivity index (χ1v) is 14.0. The summed E-state index contributed by atoms with van der Waals surface area (Å²) in [5.41, 5.74) is 4.03. The number of carbonyl (C=O) groups excluding carboxylic acids is 4. The minimum absolute atomic E-state index is 0.0511. The molecule has 0 spiro atoms. The van der Waals surface area contributed by atoms with Crippen molar-refractivity contribution in [2.75, 3.05) is 32.7 Å². The molecule has 0 fully saturated rings. The summed E-state index contributed by atoms with van der Waals surface area (Å²) in [6.45, 7) is 11.4. The number of rotatable bonds is 10. The second kappa shape index (κ2) is 18.6. The van der Waals surface area contributed by atoms with Gasteiger partial charge in [-0.15, -0.1) is 0 Å². The Hall–Kier alpha value is -3.72. The van der Waals surface area contributed by atoms with E-state index in [-0.39, 0.29) is 48.4 Å². The quantitative estimate of drug-likeness (QED) is 0.363. The van der Waals surface area contributed by atoms with Gasteiger partial charge in [-0.05, 0) is 56.9 Å². The van der Waals surface area contributed by atoms with Crippen LogP contribution in [0.1, 0.15) is 83.5 Å². The molecule has 1 unspecified atom stereocenters. The number of esters is 1. The number of amides is 1. The number of hydrogen-bond donors (Lipinski definition) is 2. The van der Waals surface area contributed by atoms with Crippen molar-refractivity contribution in [2.45, 2.75) is 73.3 Å². The molecular weight excluding hydrogens is 524 g/mol. The zero-order chi connectivity index (χ0) is 30.9. The standard InChI is InChI=1S/C19H22N2O3.C10H18O3.C3H6O/c1-4-12-8-9-15-14(10-12)18(20-11-17(22)21-15)13-6-5-7-16(23-2)19(13)24-3;1-4-8(3)9(11)6-7-10(12)13-5-2;1-3(2)4/h5-10,18,20H,4,11H2,1-3H3,(H,21,22);8H,4-7H2,1-3H3;1-2H3/t18-;;/m1../s1. The van der Waals surface area contributed by atoms with Gasteiger partial charge in [-0.25, -0.2) is 0 Å². The lowest BCUT2D eigenvalue weighted by Gasteiger charge is -2.22. The molecule has 1 aliphatic heterocycles. The largest absolute Gasteiger partial charge is 0.493 e. The first kappa shape index (κ1) is 35.3. The fourth-order valence-electron chi connectivity index (χ4n) is 4.03. The van der Waals surface area contributed by atoms with Gasteiger partial charge in [0.05, 0.1) is 39.8 Å². The second-order valence-electron chi connectivity index (χ2n) is 9.71. The van der Waals surface area contributed by atoms with Gasteiger partial charge in [0.15, 0.2) is 11.5 Å². The summed E-state index contributed by atoms with van der Waals surface area (Å²) >= 11 is 0. The molecule has 1 aliphatic rings. The van der Waals surface area contributed by atoms with E-state index >= 15 is 0 Å². The molecule has 9 heteroatoms. The first-order chi connectivity index (χ1) is 19.5. The van der Waals surface area contributed by atoms with E-state index in [4.69, 9.17) is 14.2 Å². The minimum Gasteiger partial charge on any atom is -0.493 e. The summed E-state index contributed by atoms with van der Waals surface area (Å²) in [5, 5.41) is 6.30. The monoisotopic (exact) mass is 570 g/mol. The Morgan fingerprint density at radius 1 is 0.976 bits per heavy atom. The highest BCUT2D eigenvalue weighted by Gasteiger charge is 2.26. The number of para-hydroxylation sites is 1. The molecule has 0 bridgehead atoms. The van der Waals surface area contributed by atoms with E-state index in [1.165, 1.54) is 19.4 Å². The molecule has 0 aliphatic carbocycles. The number of hydrogen-bond acceptors (Lipinski definition) is 8. The third-order valence-corrected chi connectivity index (χ3v) is 6.36. The van der Waals surface area contributed by atoms with Crippen molar-refractivity contribution in [1.29, 1.82) is 0 Å². The summed E-state index contributed by atoms with van der Waals surface area (Å²) in [7, 11) is 3.25. The highest BCUT2D eigenvalue weighted by atomic mass is 16.5. The molecule has 1 amide bonds. The maximum absolute atomic E-state index is 12.0. The van der Waals surface area contributed by atoms with Gasteiger partial charge >= 0.3 is 5.97 Å². The lowest BCUT2D eigenvalue weighted by atomic mass is 9.94. The van der Waals surface area contributed by atoms with Crippen LogP contribution in [0.25, 0.3) is 0 Å². The molecule has 2 N–H and O–H groups in total.